The van der Waals surface area contributed by atoms with Gasteiger partial charge < -0.3 is 9.84 Å². The lowest BCUT2D eigenvalue weighted by Gasteiger charge is -2.09. The molecule has 6 nitrogen and oxygen atoms in total. The van der Waals surface area contributed by atoms with E-state index in [0.29, 0.717) is 17.5 Å². The van der Waals surface area contributed by atoms with Crippen LogP contribution < -0.4 is 4.74 Å². The highest BCUT2D eigenvalue weighted by atomic mass is 32.2. The van der Waals surface area contributed by atoms with Crippen LogP contribution in [0.4, 0.5) is 0 Å². The van der Waals surface area contributed by atoms with Crippen molar-refractivity contribution in [2.45, 2.75) is 25.2 Å². The van der Waals surface area contributed by atoms with Crippen molar-refractivity contribution in [2.75, 3.05) is 5.75 Å². The maximum absolute atomic E-state index is 10.8. The van der Waals surface area contributed by atoms with Gasteiger partial charge in [0.2, 0.25) is 0 Å². The van der Waals surface area contributed by atoms with E-state index in [1.54, 1.807) is 10.6 Å². The Morgan fingerprint density at radius 1 is 1.14 bits per heavy atom. The van der Waals surface area contributed by atoms with Gasteiger partial charge in [-0.25, -0.2) is 0 Å². The third kappa shape index (κ3) is 5.01. The Labute approximate surface area is 167 Å². The Morgan fingerprint density at radius 3 is 2.39 bits per heavy atom. The van der Waals surface area contributed by atoms with Crippen molar-refractivity contribution < 1.29 is 14.6 Å². The molecule has 0 atom stereocenters. The largest absolute Gasteiger partial charge is 0.486 e. The molecule has 0 saturated heterocycles. The molecular weight excluding hydrogens is 374 g/mol. The van der Waals surface area contributed by atoms with Gasteiger partial charge in [0.15, 0.2) is 11.0 Å². The minimum Gasteiger partial charge on any atom is -0.486 e. The number of nitrogens with zero attached hydrogens (tertiary/aromatic N) is 3. The lowest BCUT2D eigenvalue weighted by molar-refractivity contribution is -0.133. The summed E-state index contributed by atoms with van der Waals surface area (Å²) in [6, 6.07) is 16.2. The van der Waals surface area contributed by atoms with E-state index < -0.39 is 5.97 Å². The topological polar surface area (TPSA) is 77.2 Å². The summed E-state index contributed by atoms with van der Waals surface area (Å²) >= 11 is 1.12. The molecular formula is C21H21N3O3S. The van der Waals surface area contributed by atoms with E-state index in [4.69, 9.17) is 9.84 Å². The fourth-order valence-electron chi connectivity index (χ4n) is 2.61. The highest BCUT2D eigenvalue weighted by molar-refractivity contribution is 7.99. The van der Waals surface area contributed by atoms with Crippen molar-refractivity contribution in [3.05, 3.63) is 72.6 Å². The zero-order valence-electron chi connectivity index (χ0n) is 15.5. The van der Waals surface area contributed by atoms with E-state index in [0.717, 1.165) is 28.6 Å². The van der Waals surface area contributed by atoms with Crippen LogP contribution in [0, 0.1) is 6.92 Å². The number of aromatic nitrogens is 3. The van der Waals surface area contributed by atoms with E-state index >= 15 is 0 Å². The number of carboxylic acids is 1. The van der Waals surface area contributed by atoms with Crippen LogP contribution in [0.5, 0.6) is 5.75 Å². The number of hydrogen-bond donors (Lipinski definition) is 1. The summed E-state index contributed by atoms with van der Waals surface area (Å²) in [5.41, 5.74) is 3.51. The second kappa shape index (κ2) is 9.23. The average molecular weight is 395 g/mol. The molecule has 7 heteroatoms. The average Bonchev–Trinajstić information content (AvgIpc) is 3.08. The molecule has 1 aromatic heterocycles. The van der Waals surface area contributed by atoms with Gasteiger partial charge in [0.05, 0.1) is 5.75 Å². The second-order valence-electron chi connectivity index (χ2n) is 6.16. The van der Waals surface area contributed by atoms with Gasteiger partial charge in [0.25, 0.3) is 0 Å². The van der Waals surface area contributed by atoms with Gasteiger partial charge in [-0.1, -0.05) is 59.8 Å². The number of allylic oxidation sites excluding steroid dienone is 1. The Bertz CT molecular complexity index is 950. The normalized spacial score (nSPS) is 10.6. The predicted molar refractivity (Wildman–Crippen MR) is 110 cm³/mol. The quantitative estimate of drug-likeness (QED) is 0.432. The molecule has 3 rings (SSSR count). The van der Waals surface area contributed by atoms with Gasteiger partial charge in [-0.05, 0) is 30.2 Å². The Hall–Kier alpha value is -3.06. The fraction of sp³-hybridized carbons (Fsp3) is 0.190. The van der Waals surface area contributed by atoms with Crippen molar-refractivity contribution in [3.8, 4) is 16.9 Å². The smallest absolute Gasteiger partial charge is 0.313 e. The molecule has 0 unspecified atom stereocenters. The van der Waals surface area contributed by atoms with Gasteiger partial charge in [0, 0.05) is 6.54 Å². The summed E-state index contributed by atoms with van der Waals surface area (Å²) in [6.07, 6.45) is 1.72. The van der Waals surface area contributed by atoms with Crippen LogP contribution in [-0.4, -0.2) is 31.6 Å². The fourth-order valence-corrected chi connectivity index (χ4v) is 3.30. The molecule has 0 saturated carbocycles. The van der Waals surface area contributed by atoms with Crippen molar-refractivity contribution in [2.24, 2.45) is 0 Å². The molecule has 2 aromatic carbocycles. The van der Waals surface area contributed by atoms with Gasteiger partial charge >= 0.3 is 5.97 Å². The van der Waals surface area contributed by atoms with E-state index in [-0.39, 0.29) is 12.4 Å². The Morgan fingerprint density at radius 2 is 1.79 bits per heavy atom. The minimum absolute atomic E-state index is 0.0728. The molecule has 0 amide bonds. The molecule has 144 valence electrons. The molecule has 0 aliphatic carbocycles. The minimum atomic E-state index is -0.899. The maximum Gasteiger partial charge on any atom is 0.313 e. The first-order chi connectivity index (χ1) is 13.6. The molecule has 0 bridgehead atoms. The van der Waals surface area contributed by atoms with Crippen LogP contribution in [0.2, 0.25) is 0 Å². The zero-order valence-corrected chi connectivity index (χ0v) is 16.4. The molecule has 28 heavy (non-hydrogen) atoms. The highest BCUT2D eigenvalue weighted by Crippen LogP contribution is 2.24. The van der Waals surface area contributed by atoms with Gasteiger partial charge in [-0.3, -0.25) is 9.36 Å². The molecule has 1 heterocycles. The Balaban J connectivity index is 1.67. The van der Waals surface area contributed by atoms with Crippen LogP contribution in [-0.2, 0) is 17.9 Å². The Kier molecular flexibility index (Phi) is 6.49. The number of carbonyl (C=O) groups is 1. The zero-order chi connectivity index (χ0) is 19.9. The number of aliphatic carboxylic acids is 1. The lowest BCUT2D eigenvalue weighted by Crippen LogP contribution is -2.08. The van der Waals surface area contributed by atoms with Gasteiger partial charge in [0.1, 0.15) is 12.4 Å². The summed E-state index contributed by atoms with van der Waals surface area (Å²) in [5.74, 6) is 0.375. The van der Waals surface area contributed by atoms with Crippen LogP contribution in [0.1, 0.15) is 11.4 Å². The number of rotatable bonds is 9. The SMILES string of the molecule is C=CCn1c(COc2ccc(-c3ccc(C)cc3)cc2)nnc1SCC(=O)O. The van der Waals surface area contributed by atoms with E-state index in [2.05, 4.69) is 48.0 Å². The highest BCUT2D eigenvalue weighted by Gasteiger charge is 2.13. The maximum atomic E-state index is 10.8. The van der Waals surface area contributed by atoms with Gasteiger partial charge in [-0.2, -0.15) is 0 Å². The summed E-state index contributed by atoms with van der Waals surface area (Å²) in [7, 11) is 0. The third-order valence-corrected chi connectivity index (χ3v) is 4.99. The van der Waals surface area contributed by atoms with E-state index in [1.807, 2.05) is 24.3 Å². The monoisotopic (exact) mass is 395 g/mol. The number of benzene rings is 2. The standard InChI is InChI=1S/C21H21N3O3S/c1-3-12-24-19(22-23-21(24)28-14-20(25)26)13-27-18-10-8-17(9-11-18)16-6-4-15(2)5-7-16/h3-11H,1,12-14H2,2H3,(H,25,26). The van der Waals surface area contributed by atoms with Gasteiger partial charge in [-0.15, -0.1) is 16.8 Å². The number of thioether (sulfide) groups is 1. The van der Waals surface area contributed by atoms with E-state index in [9.17, 15) is 4.79 Å². The molecule has 1 N–H and O–H groups in total. The van der Waals surface area contributed by atoms with Crippen molar-refractivity contribution in [1.82, 2.24) is 14.8 Å². The summed E-state index contributed by atoms with van der Waals surface area (Å²) in [4.78, 5) is 10.8. The number of hydrogen-bond acceptors (Lipinski definition) is 5. The molecule has 3 aromatic rings. The number of ether oxygens (including phenoxy) is 1. The van der Waals surface area contributed by atoms with Crippen LogP contribution in [0.15, 0.2) is 66.3 Å². The van der Waals surface area contributed by atoms with Crippen molar-refractivity contribution in [3.63, 3.8) is 0 Å². The summed E-state index contributed by atoms with van der Waals surface area (Å²) in [5, 5.41) is 17.6. The predicted octanol–water partition coefficient (Wildman–Crippen LogP) is 4.20. The molecule has 0 spiro atoms. The first kappa shape index (κ1) is 19.7. The first-order valence-corrected chi connectivity index (χ1v) is 9.73. The van der Waals surface area contributed by atoms with Crippen LogP contribution in [0.3, 0.4) is 0 Å². The number of carboxylic acid groups (broad SMARTS) is 1. The van der Waals surface area contributed by atoms with Crippen molar-refractivity contribution in [1.29, 1.82) is 0 Å². The number of aryl methyl sites for hydroxylation is 1. The first-order valence-electron chi connectivity index (χ1n) is 8.74. The second-order valence-corrected chi connectivity index (χ2v) is 7.10. The van der Waals surface area contributed by atoms with Crippen molar-refractivity contribution >= 4 is 17.7 Å². The summed E-state index contributed by atoms with van der Waals surface area (Å²) in [6.45, 7) is 6.52. The van der Waals surface area contributed by atoms with Crippen LogP contribution >= 0.6 is 11.8 Å². The van der Waals surface area contributed by atoms with Crippen LogP contribution in [0.25, 0.3) is 11.1 Å². The molecule has 0 aliphatic heterocycles. The summed E-state index contributed by atoms with van der Waals surface area (Å²) < 4.78 is 7.65. The lowest BCUT2D eigenvalue weighted by atomic mass is 10.0. The van der Waals surface area contributed by atoms with E-state index in [1.165, 1.54) is 5.56 Å². The molecule has 0 aliphatic rings. The molecule has 0 radical (unpaired) electrons. The third-order valence-electron chi connectivity index (χ3n) is 4.04. The molecule has 0 fully saturated rings.